The first-order chi connectivity index (χ1) is 14.2. The molecule has 162 valence electrons. The number of esters is 1. The summed E-state index contributed by atoms with van der Waals surface area (Å²) in [6.45, 7) is 2.75. The van der Waals surface area contributed by atoms with E-state index in [0.717, 1.165) is 17.4 Å². The molecule has 0 saturated carbocycles. The molecule has 3 rings (SSSR count). The third-order valence-electron chi connectivity index (χ3n) is 4.06. The zero-order valence-corrected chi connectivity index (χ0v) is 18.8. The summed E-state index contributed by atoms with van der Waals surface area (Å²) in [5.74, 6) is -1.31. The molecule has 1 aromatic carbocycles. The van der Waals surface area contributed by atoms with Crippen LogP contribution in [0.25, 0.3) is 0 Å². The number of morpholine rings is 1. The number of carbonyl (C=O) groups is 2. The normalized spacial score (nSPS) is 15.0. The molecule has 1 fully saturated rings. The molecule has 0 spiro atoms. The zero-order valence-electron chi connectivity index (χ0n) is 15.7. The van der Waals surface area contributed by atoms with Gasteiger partial charge in [-0.15, -0.1) is 11.3 Å². The van der Waals surface area contributed by atoms with Gasteiger partial charge in [-0.1, -0.05) is 23.2 Å². The molecule has 0 radical (unpaired) electrons. The minimum atomic E-state index is -3.94. The Morgan fingerprint density at radius 1 is 1.27 bits per heavy atom. The van der Waals surface area contributed by atoms with Crippen LogP contribution in [0.4, 0.5) is 5.13 Å². The predicted molar refractivity (Wildman–Crippen MR) is 112 cm³/mol. The molecule has 2 heterocycles. The number of benzene rings is 1. The summed E-state index contributed by atoms with van der Waals surface area (Å²) in [4.78, 5) is 28.2. The summed E-state index contributed by atoms with van der Waals surface area (Å²) < 4.78 is 37.1. The van der Waals surface area contributed by atoms with Crippen molar-refractivity contribution in [2.75, 3.05) is 38.2 Å². The Morgan fingerprint density at radius 3 is 2.63 bits per heavy atom. The van der Waals surface area contributed by atoms with Gasteiger partial charge >= 0.3 is 5.97 Å². The van der Waals surface area contributed by atoms with E-state index < -0.39 is 21.9 Å². The number of nitrogens with one attached hydrogen (secondary N) is 1. The number of carbonyl (C=O) groups excluding carboxylic acids is 2. The summed E-state index contributed by atoms with van der Waals surface area (Å²) in [5, 5.41) is 3.94. The van der Waals surface area contributed by atoms with Gasteiger partial charge < -0.3 is 9.47 Å². The van der Waals surface area contributed by atoms with E-state index in [1.807, 2.05) is 0 Å². The molecular weight excluding hydrogens is 477 g/mol. The van der Waals surface area contributed by atoms with E-state index >= 15 is 0 Å². The molecule has 9 nitrogen and oxygen atoms in total. The number of aromatic nitrogens is 1. The molecule has 0 bridgehead atoms. The molecule has 1 saturated heterocycles. The van der Waals surface area contributed by atoms with Crippen LogP contribution < -0.4 is 5.32 Å². The Bertz CT molecular complexity index is 1070. The fourth-order valence-electron chi connectivity index (χ4n) is 2.62. The third kappa shape index (κ3) is 4.93. The highest BCUT2D eigenvalue weighted by atomic mass is 35.5. The highest BCUT2D eigenvalue weighted by Crippen LogP contribution is 2.31. The smallest absolute Gasteiger partial charge is 0.357 e. The first-order valence-corrected chi connectivity index (χ1v) is 11.8. The van der Waals surface area contributed by atoms with Gasteiger partial charge in [-0.05, 0) is 19.1 Å². The largest absolute Gasteiger partial charge is 0.461 e. The van der Waals surface area contributed by atoms with Crippen molar-refractivity contribution in [2.45, 2.75) is 11.8 Å². The van der Waals surface area contributed by atoms with Crippen LogP contribution >= 0.6 is 34.5 Å². The second-order valence-corrected chi connectivity index (χ2v) is 9.57. The summed E-state index contributed by atoms with van der Waals surface area (Å²) in [6, 6.07) is 2.34. The van der Waals surface area contributed by atoms with E-state index in [4.69, 9.17) is 32.7 Å². The molecule has 1 aliphatic heterocycles. The molecule has 0 aliphatic carbocycles. The Hall–Kier alpha value is -1.76. The number of anilines is 1. The second-order valence-electron chi connectivity index (χ2n) is 5.99. The van der Waals surface area contributed by atoms with E-state index in [2.05, 4.69) is 10.3 Å². The number of ether oxygens (including phenoxy) is 2. The molecule has 30 heavy (non-hydrogen) atoms. The van der Waals surface area contributed by atoms with Crippen LogP contribution in [-0.4, -0.2) is 62.5 Å². The van der Waals surface area contributed by atoms with Crippen LogP contribution in [0.15, 0.2) is 22.4 Å². The minimum Gasteiger partial charge on any atom is -0.461 e. The van der Waals surface area contributed by atoms with Gasteiger partial charge in [0.2, 0.25) is 10.0 Å². The van der Waals surface area contributed by atoms with Gasteiger partial charge in [-0.3, -0.25) is 10.1 Å². The number of rotatable bonds is 6. The van der Waals surface area contributed by atoms with Crippen LogP contribution in [0.3, 0.4) is 0 Å². The van der Waals surface area contributed by atoms with Crippen molar-refractivity contribution < 1.29 is 27.5 Å². The quantitative estimate of drug-likeness (QED) is 0.614. The molecule has 1 aromatic heterocycles. The van der Waals surface area contributed by atoms with Crippen LogP contribution in [0, 0.1) is 0 Å². The van der Waals surface area contributed by atoms with Crippen molar-refractivity contribution in [3.8, 4) is 0 Å². The second kappa shape index (κ2) is 9.58. The van der Waals surface area contributed by atoms with Crippen molar-refractivity contribution in [3.63, 3.8) is 0 Å². The zero-order chi connectivity index (χ0) is 21.9. The maximum Gasteiger partial charge on any atom is 0.357 e. The summed E-state index contributed by atoms with van der Waals surface area (Å²) in [7, 11) is -3.94. The summed E-state index contributed by atoms with van der Waals surface area (Å²) >= 11 is 13.3. The average molecular weight is 494 g/mol. The first-order valence-electron chi connectivity index (χ1n) is 8.75. The Morgan fingerprint density at radius 2 is 1.97 bits per heavy atom. The van der Waals surface area contributed by atoms with Crippen LogP contribution in [-0.2, 0) is 19.5 Å². The monoisotopic (exact) mass is 493 g/mol. The number of hydrogen-bond donors (Lipinski definition) is 1. The van der Waals surface area contributed by atoms with E-state index in [1.54, 1.807) is 6.92 Å². The molecule has 2 aromatic rings. The van der Waals surface area contributed by atoms with Crippen LogP contribution in [0.1, 0.15) is 27.8 Å². The first kappa shape index (κ1) is 22.9. The van der Waals surface area contributed by atoms with Gasteiger partial charge in [-0.2, -0.15) is 4.31 Å². The molecule has 0 unspecified atom stereocenters. The number of hydrogen-bond acceptors (Lipinski definition) is 8. The summed E-state index contributed by atoms with van der Waals surface area (Å²) in [6.07, 6.45) is 0. The lowest BCUT2D eigenvalue weighted by Crippen LogP contribution is -2.40. The van der Waals surface area contributed by atoms with Crippen molar-refractivity contribution >= 4 is 61.6 Å². The average Bonchev–Trinajstić information content (AvgIpc) is 3.17. The number of nitrogens with zero attached hydrogens (tertiary/aromatic N) is 2. The third-order valence-corrected chi connectivity index (χ3v) is 7.50. The lowest BCUT2D eigenvalue weighted by molar-refractivity contribution is 0.0520. The Balaban J connectivity index is 1.86. The van der Waals surface area contributed by atoms with E-state index in [0.29, 0.717) is 0 Å². The Kier molecular flexibility index (Phi) is 7.32. The number of halogens is 2. The van der Waals surface area contributed by atoms with Crippen LogP contribution in [0.2, 0.25) is 10.0 Å². The van der Waals surface area contributed by atoms with Gasteiger partial charge in [0, 0.05) is 18.5 Å². The Labute approximate surface area is 186 Å². The van der Waals surface area contributed by atoms with E-state index in [9.17, 15) is 18.0 Å². The van der Waals surface area contributed by atoms with Gasteiger partial charge in [0.15, 0.2) is 10.8 Å². The topological polar surface area (TPSA) is 115 Å². The molecule has 1 amide bonds. The van der Waals surface area contributed by atoms with Gasteiger partial charge in [0.1, 0.15) is 4.90 Å². The van der Waals surface area contributed by atoms with Crippen LogP contribution in [0.5, 0.6) is 0 Å². The molecule has 1 aliphatic rings. The van der Waals surface area contributed by atoms with Crippen molar-refractivity contribution in [2.24, 2.45) is 0 Å². The maximum absolute atomic E-state index is 12.9. The minimum absolute atomic E-state index is 0.0272. The lowest BCUT2D eigenvalue weighted by Gasteiger charge is -2.26. The number of sulfonamides is 1. The summed E-state index contributed by atoms with van der Waals surface area (Å²) in [5.41, 5.74) is -0.0456. The fourth-order valence-corrected chi connectivity index (χ4v) is 5.54. The number of thiazole rings is 1. The molecule has 0 atom stereocenters. The van der Waals surface area contributed by atoms with E-state index in [1.165, 1.54) is 15.8 Å². The van der Waals surface area contributed by atoms with Crippen molar-refractivity contribution in [1.82, 2.24) is 9.29 Å². The van der Waals surface area contributed by atoms with Gasteiger partial charge in [0.25, 0.3) is 5.91 Å². The predicted octanol–water partition coefficient (Wildman–Crippen LogP) is 2.90. The highest BCUT2D eigenvalue weighted by molar-refractivity contribution is 7.89. The maximum atomic E-state index is 12.9. The standard InChI is InChI=1S/C17H17Cl2N3O6S2/c1-2-28-16(24)13-9-29-17(20-13)21-15(23)10-7-14(12(19)8-11(10)18)30(25,26)22-3-5-27-6-4-22/h7-9H,2-6H2,1H3,(H,20,21,23). The molecule has 1 N–H and O–H groups in total. The SMILES string of the molecule is CCOC(=O)c1csc(NC(=O)c2cc(S(=O)(=O)N3CCOCC3)c(Cl)cc2Cl)n1. The lowest BCUT2D eigenvalue weighted by atomic mass is 10.2. The molecular formula is C17H17Cl2N3O6S2. The van der Waals surface area contributed by atoms with Gasteiger partial charge in [0.05, 0.1) is 35.4 Å². The van der Waals surface area contributed by atoms with Gasteiger partial charge in [-0.25, -0.2) is 18.2 Å². The van der Waals surface area contributed by atoms with Crippen molar-refractivity contribution in [3.05, 3.63) is 38.8 Å². The van der Waals surface area contributed by atoms with E-state index in [-0.39, 0.29) is 64.2 Å². The number of amides is 1. The molecule has 13 heteroatoms. The highest BCUT2D eigenvalue weighted by Gasteiger charge is 2.30. The fraction of sp³-hybridized carbons (Fsp3) is 0.353. The van der Waals surface area contributed by atoms with Crippen molar-refractivity contribution in [1.29, 1.82) is 0 Å².